The molecule has 0 aliphatic heterocycles. The van der Waals surface area contributed by atoms with E-state index < -0.39 is 0 Å². The van der Waals surface area contributed by atoms with Gasteiger partial charge in [0.15, 0.2) is 0 Å². The third-order valence-electron chi connectivity index (χ3n) is 3.39. The number of hydrogen-bond acceptors (Lipinski definition) is 5. The van der Waals surface area contributed by atoms with Crippen molar-refractivity contribution < 1.29 is 14.2 Å². The van der Waals surface area contributed by atoms with Crippen LogP contribution < -0.4 is 19.5 Å². The first-order chi connectivity index (χ1) is 10.1. The number of nitrogens with one attached hydrogen (secondary N) is 2. The fraction of sp³-hybridized carbons (Fsp3) is 0.400. The molecule has 0 atom stereocenters. The molecule has 0 spiro atoms. The zero-order valence-electron chi connectivity index (χ0n) is 13.0. The van der Waals surface area contributed by atoms with Crippen molar-refractivity contribution in [2.75, 3.05) is 26.6 Å². The molecule has 0 unspecified atom stereocenters. The summed E-state index contributed by atoms with van der Waals surface area (Å²) in [6.45, 7) is 4.50. The maximum Gasteiger partial charge on any atom is 0.131 e. The monoisotopic (exact) mass is 291 g/mol. The van der Waals surface area contributed by atoms with E-state index in [0.717, 1.165) is 34.1 Å². The third-order valence-corrected chi connectivity index (χ3v) is 3.39. The fourth-order valence-electron chi connectivity index (χ4n) is 2.24. The van der Waals surface area contributed by atoms with Crippen LogP contribution in [-0.4, -0.2) is 31.5 Å². The Balaban J connectivity index is 2.30. The maximum absolute atomic E-state index is 5.44. The molecule has 0 bridgehead atoms. The molecule has 1 aromatic carbocycles. The van der Waals surface area contributed by atoms with Crippen molar-refractivity contribution >= 4 is 5.69 Å². The molecule has 6 nitrogen and oxygen atoms in total. The van der Waals surface area contributed by atoms with Gasteiger partial charge in [-0.25, -0.2) is 0 Å². The van der Waals surface area contributed by atoms with E-state index in [2.05, 4.69) is 15.5 Å². The van der Waals surface area contributed by atoms with Gasteiger partial charge in [0.1, 0.15) is 17.2 Å². The summed E-state index contributed by atoms with van der Waals surface area (Å²) in [7, 11) is 4.88. The lowest BCUT2D eigenvalue weighted by Crippen LogP contribution is -2.05. The van der Waals surface area contributed by atoms with Crippen molar-refractivity contribution in [2.24, 2.45) is 0 Å². The zero-order valence-corrected chi connectivity index (χ0v) is 13.0. The molecule has 2 N–H and O–H groups in total. The van der Waals surface area contributed by atoms with Crippen LogP contribution in [0.1, 0.15) is 17.0 Å². The zero-order chi connectivity index (χ0) is 15.4. The van der Waals surface area contributed by atoms with Gasteiger partial charge in [0.05, 0.1) is 44.0 Å². The van der Waals surface area contributed by atoms with Crippen LogP contribution in [0.2, 0.25) is 0 Å². The third kappa shape index (κ3) is 3.04. The summed E-state index contributed by atoms with van der Waals surface area (Å²) in [4.78, 5) is 0. The topological polar surface area (TPSA) is 68.4 Å². The molecule has 0 saturated heterocycles. The van der Waals surface area contributed by atoms with Crippen molar-refractivity contribution in [1.82, 2.24) is 10.2 Å². The SMILES string of the molecule is COc1cc(OC)c(CNc2c(C)n[nH]c2C)c(OC)c1. The normalized spacial score (nSPS) is 10.3. The van der Waals surface area contributed by atoms with Crippen LogP contribution in [0.4, 0.5) is 5.69 Å². The first kappa shape index (κ1) is 15.0. The molecular formula is C15H21N3O3. The lowest BCUT2D eigenvalue weighted by molar-refractivity contribution is 0.369. The first-order valence-corrected chi connectivity index (χ1v) is 6.65. The van der Waals surface area contributed by atoms with Gasteiger partial charge in [0, 0.05) is 18.7 Å². The van der Waals surface area contributed by atoms with Gasteiger partial charge < -0.3 is 19.5 Å². The van der Waals surface area contributed by atoms with Gasteiger partial charge in [-0.2, -0.15) is 5.10 Å². The highest BCUT2D eigenvalue weighted by molar-refractivity contribution is 5.56. The van der Waals surface area contributed by atoms with Gasteiger partial charge in [-0.15, -0.1) is 0 Å². The van der Waals surface area contributed by atoms with Gasteiger partial charge >= 0.3 is 0 Å². The average molecular weight is 291 g/mol. The van der Waals surface area contributed by atoms with E-state index in [1.165, 1.54) is 0 Å². The summed E-state index contributed by atoms with van der Waals surface area (Å²) in [5, 5.41) is 10.5. The summed E-state index contributed by atoms with van der Waals surface area (Å²) in [5.74, 6) is 2.14. The van der Waals surface area contributed by atoms with Gasteiger partial charge in [0.2, 0.25) is 0 Å². The van der Waals surface area contributed by atoms with Crippen LogP contribution in [-0.2, 0) is 6.54 Å². The summed E-state index contributed by atoms with van der Waals surface area (Å²) in [6.07, 6.45) is 0. The number of nitrogens with zero attached hydrogens (tertiary/aromatic N) is 1. The molecule has 1 aromatic heterocycles. The van der Waals surface area contributed by atoms with Gasteiger partial charge in [-0.1, -0.05) is 0 Å². The second-order valence-electron chi connectivity index (χ2n) is 4.67. The molecule has 2 rings (SSSR count). The van der Waals surface area contributed by atoms with E-state index in [0.29, 0.717) is 12.3 Å². The van der Waals surface area contributed by atoms with Crippen LogP contribution in [0.15, 0.2) is 12.1 Å². The van der Waals surface area contributed by atoms with Gasteiger partial charge in [-0.05, 0) is 13.8 Å². The van der Waals surface area contributed by atoms with Crippen molar-refractivity contribution in [2.45, 2.75) is 20.4 Å². The minimum atomic E-state index is 0.567. The standard InChI is InChI=1S/C15H21N3O3/c1-9-15(10(2)18-17-9)16-8-12-13(20-4)6-11(19-3)7-14(12)21-5/h6-7,16H,8H2,1-5H3,(H,17,18). The molecule has 0 fully saturated rings. The quantitative estimate of drug-likeness (QED) is 0.856. The second-order valence-corrected chi connectivity index (χ2v) is 4.67. The highest BCUT2D eigenvalue weighted by Crippen LogP contribution is 2.34. The smallest absolute Gasteiger partial charge is 0.131 e. The number of aromatic amines is 1. The Labute approximate surface area is 124 Å². The number of rotatable bonds is 6. The molecular weight excluding hydrogens is 270 g/mol. The second kappa shape index (κ2) is 6.39. The molecule has 0 amide bonds. The van der Waals surface area contributed by atoms with Crippen LogP contribution in [0.25, 0.3) is 0 Å². The fourth-order valence-corrected chi connectivity index (χ4v) is 2.24. The Morgan fingerprint density at radius 2 is 1.67 bits per heavy atom. The Bertz CT molecular complexity index is 578. The molecule has 6 heteroatoms. The number of methoxy groups -OCH3 is 3. The average Bonchev–Trinajstić information content (AvgIpc) is 2.83. The molecule has 2 aromatic rings. The maximum atomic E-state index is 5.44. The van der Waals surface area contributed by atoms with Crippen molar-refractivity contribution in [3.05, 3.63) is 29.1 Å². The lowest BCUT2D eigenvalue weighted by Gasteiger charge is -2.16. The summed E-state index contributed by atoms with van der Waals surface area (Å²) < 4.78 is 16.1. The molecule has 0 saturated carbocycles. The van der Waals surface area contributed by atoms with E-state index in [9.17, 15) is 0 Å². The summed E-state index contributed by atoms with van der Waals surface area (Å²) in [5.41, 5.74) is 3.86. The number of aromatic nitrogens is 2. The Hall–Kier alpha value is -2.37. The summed E-state index contributed by atoms with van der Waals surface area (Å²) >= 11 is 0. The number of benzene rings is 1. The van der Waals surface area contributed by atoms with Crippen LogP contribution >= 0.6 is 0 Å². The van der Waals surface area contributed by atoms with E-state index in [1.54, 1.807) is 21.3 Å². The van der Waals surface area contributed by atoms with Crippen LogP contribution in [0, 0.1) is 13.8 Å². The number of aryl methyl sites for hydroxylation is 2. The van der Waals surface area contributed by atoms with E-state index in [-0.39, 0.29) is 0 Å². The molecule has 0 radical (unpaired) electrons. The number of H-pyrrole nitrogens is 1. The first-order valence-electron chi connectivity index (χ1n) is 6.65. The Morgan fingerprint density at radius 1 is 1.05 bits per heavy atom. The van der Waals surface area contributed by atoms with Crippen molar-refractivity contribution in [1.29, 1.82) is 0 Å². The minimum absolute atomic E-state index is 0.567. The molecule has 1 heterocycles. The minimum Gasteiger partial charge on any atom is -0.496 e. The van der Waals surface area contributed by atoms with Gasteiger partial charge in [0.25, 0.3) is 0 Å². The predicted molar refractivity (Wildman–Crippen MR) is 81.5 cm³/mol. The highest BCUT2D eigenvalue weighted by atomic mass is 16.5. The summed E-state index contributed by atoms with van der Waals surface area (Å²) in [6, 6.07) is 3.68. The van der Waals surface area contributed by atoms with E-state index in [4.69, 9.17) is 14.2 Å². The van der Waals surface area contributed by atoms with Crippen molar-refractivity contribution in [3.8, 4) is 17.2 Å². The molecule has 21 heavy (non-hydrogen) atoms. The van der Waals surface area contributed by atoms with Crippen molar-refractivity contribution in [3.63, 3.8) is 0 Å². The molecule has 0 aliphatic carbocycles. The van der Waals surface area contributed by atoms with E-state index in [1.807, 2.05) is 26.0 Å². The van der Waals surface area contributed by atoms with E-state index >= 15 is 0 Å². The Morgan fingerprint density at radius 3 is 2.10 bits per heavy atom. The molecule has 114 valence electrons. The number of hydrogen-bond donors (Lipinski definition) is 2. The van der Waals surface area contributed by atoms with Crippen LogP contribution in [0.3, 0.4) is 0 Å². The van der Waals surface area contributed by atoms with Gasteiger partial charge in [-0.3, -0.25) is 5.10 Å². The van der Waals surface area contributed by atoms with Crippen LogP contribution in [0.5, 0.6) is 17.2 Å². The predicted octanol–water partition coefficient (Wildman–Crippen LogP) is 2.66. The highest BCUT2D eigenvalue weighted by Gasteiger charge is 2.14. The Kier molecular flexibility index (Phi) is 4.57. The number of anilines is 1. The lowest BCUT2D eigenvalue weighted by atomic mass is 10.1. The largest absolute Gasteiger partial charge is 0.496 e. The number of ether oxygens (including phenoxy) is 3. The molecule has 0 aliphatic rings.